The van der Waals surface area contributed by atoms with Crippen molar-refractivity contribution < 1.29 is 14.3 Å². The van der Waals surface area contributed by atoms with Crippen molar-refractivity contribution in [1.29, 1.82) is 0 Å². The largest absolute Gasteiger partial charge is 0.494 e. The molecule has 1 aromatic heterocycles. The molecular weight excluding hydrogens is 360 g/mol. The third-order valence-electron chi connectivity index (χ3n) is 5.12. The molecule has 0 aliphatic carbocycles. The summed E-state index contributed by atoms with van der Waals surface area (Å²) in [6.45, 7) is 5.19. The topological polar surface area (TPSA) is 108 Å². The first-order valence-corrected chi connectivity index (χ1v) is 9.65. The zero-order valence-corrected chi connectivity index (χ0v) is 16.5. The van der Waals surface area contributed by atoms with E-state index >= 15 is 0 Å². The van der Waals surface area contributed by atoms with Crippen LogP contribution in [0, 0.1) is 5.92 Å². The van der Waals surface area contributed by atoms with E-state index in [-0.39, 0.29) is 17.9 Å². The number of hydrogen-bond donors (Lipinski definition) is 1. The van der Waals surface area contributed by atoms with E-state index in [1.807, 2.05) is 31.2 Å². The number of aromatic nitrogens is 4. The first-order valence-electron chi connectivity index (χ1n) is 9.65. The zero-order chi connectivity index (χ0) is 19.9. The average Bonchev–Trinajstić information content (AvgIpc) is 3.16. The van der Waals surface area contributed by atoms with Gasteiger partial charge >= 0.3 is 0 Å². The summed E-state index contributed by atoms with van der Waals surface area (Å²) in [7, 11) is 1.66. The first-order chi connectivity index (χ1) is 13.6. The van der Waals surface area contributed by atoms with Gasteiger partial charge in [0.2, 0.25) is 5.91 Å². The van der Waals surface area contributed by atoms with Gasteiger partial charge in [-0.2, -0.15) is 0 Å². The SMILES string of the molecule is CCOc1ccc([C@H](c2nnnn2CCOC)N2CCC(C(N)=O)CC2)cc1. The van der Waals surface area contributed by atoms with Crippen molar-refractivity contribution >= 4 is 5.91 Å². The quantitative estimate of drug-likeness (QED) is 0.683. The minimum Gasteiger partial charge on any atom is -0.494 e. The Morgan fingerprint density at radius 3 is 2.61 bits per heavy atom. The summed E-state index contributed by atoms with van der Waals surface area (Å²) in [4.78, 5) is 13.8. The number of tetrazole rings is 1. The summed E-state index contributed by atoms with van der Waals surface area (Å²) >= 11 is 0. The van der Waals surface area contributed by atoms with Crippen molar-refractivity contribution in [2.45, 2.75) is 32.4 Å². The van der Waals surface area contributed by atoms with Gasteiger partial charge in [-0.15, -0.1) is 5.10 Å². The molecule has 0 radical (unpaired) electrons. The van der Waals surface area contributed by atoms with Gasteiger partial charge in [0.25, 0.3) is 0 Å². The highest BCUT2D eigenvalue weighted by Crippen LogP contribution is 2.32. The van der Waals surface area contributed by atoms with Gasteiger partial charge in [-0.3, -0.25) is 9.69 Å². The molecule has 9 nitrogen and oxygen atoms in total. The minimum atomic E-state index is -0.220. The fraction of sp³-hybridized carbons (Fsp3) is 0.579. The fourth-order valence-electron chi connectivity index (χ4n) is 3.62. The van der Waals surface area contributed by atoms with Crippen LogP contribution in [-0.4, -0.2) is 64.4 Å². The van der Waals surface area contributed by atoms with Gasteiger partial charge in [0.15, 0.2) is 5.82 Å². The second-order valence-corrected chi connectivity index (χ2v) is 6.87. The van der Waals surface area contributed by atoms with Gasteiger partial charge in [0.1, 0.15) is 5.75 Å². The van der Waals surface area contributed by atoms with Crippen LogP contribution in [0.3, 0.4) is 0 Å². The molecule has 28 heavy (non-hydrogen) atoms. The van der Waals surface area contributed by atoms with E-state index in [9.17, 15) is 4.79 Å². The van der Waals surface area contributed by atoms with Crippen LogP contribution in [0.4, 0.5) is 0 Å². The second-order valence-electron chi connectivity index (χ2n) is 6.87. The molecule has 152 valence electrons. The summed E-state index contributed by atoms with van der Waals surface area (Å²) < 4.78 is 12.5. The number of benzene rings is 1. The number of ether oxygens (including phenoxy) is 2. The van der Waals surface area contributed by atoms with Crippen LogP contribution >= 0.6 is 0 Å². The van der Waals surface area contributed by atoms with Gasteiger partial charge in [-0.1, -0.05) is 12.1 Å². The Bertz CT molecular complexity index is 755. The van der Waals surface area contributed by atoms with Crippen molar-refractivity contribution in [3.05, 3.63) is 35.7 Å². The maximum Gasteiger partial charge on any atom is 0.220 e. The predicted octanol–water partition coefficient (Wildman–Crippen LogP) is 1.00. The van der Waals surface area contributed by atoms with E-state index < -0.39 is 0 Å². The highest BCUT2D eigenvalue weighted by molar-refractivity contribution is 5.76. The molecule has 0 bridgehead atoms. The van der Waals surface area contributed by atoms with Crippen LogP contribution in [0.5, 0.6) is 5.75 Å². The number of rotatable bonds is 9. The molecule has 0 spiro atoms. The van der Waals surface area contributed by atoms with Crippen molar-refractivity contribution in [1.82, 2.24) is 25.1 Å². The molecule has 1 saturated heterocycles. The molecule has 0 unspecified atom stereocenters. The molecule has 9 heteroatoms. The average molecular weight is 388 g/mol. The Morgan fingerprint density at radius 2 is 2.00 bits per heavy atom. The second kappa shape index (κ2) is 9.61. The number of methoxy groups -OCH3 is 1. The van der Waals surface area contributed by atoms with E-state index in [0.717, 1.165) is 43.1 Å². The summed E-state index contributed by atoms with van der Waals surface area (Å²) in [5.41, 5.74) is 6.58. The number of hydrogen-bond acceptors (Lipinski definition) is 7. The molecular formula is C19H28N6O3. The number of amides is 1. The van der Waals surface area contributed by atoms with Gasteiger partial charge in [-0.25, -0.2) is 4.68 Å². The van der Waals surface area contributed by atoms with Crippen molar-refractivity contribution in [3.8, 4) is 5.75 Å². The molecule has 2 heterocycles. The number of primary amides is 1. The predicted molar refractivity (Wildman–Crippen MR) is 103 cm³/mol. The molecule has 1 aliphatic heterocycles. The van der Waals surface area contributed by atoms with Gasteiger partial charge in [-0.05, 0) is 61.0 Å². The van der Waals surface area contributed by atoms with E-state index in [4.69, 9.17) is 15.2 Å². The van der Waals surface area contributed by atoms with Crippen LogP contribution in [0.2, 0.25) is 0 Å². The molecule has 2 aromatic rings. The fourth-order valence-corrected chi connectivity index (χ4v) is 3.62. The Morgan fingerprint density at radius 1 is 1.29 bits per heavy atom. The number of nitrogens with zero attached hydrogens (tertiary/aromatic N) is 5. The Hall–Kier alpha value is -2.52. The van der Waals surface area contributed by atoms with E-state index in [0.29, 0.717) is 19.8 Å². The number of carbonyl (C=O) groups excluding carboxylic acids is 1. The van der Waals surface area contributed by atoms with Gasteiger partial charge < -0.3 is 15.2 Å². The molecule has 1 atom stereocenters. The third-order valence-corrected chi connectivity index (χ3v) is 5.12. The van der Waals surface area contributed by atoms with E-state index in [1.54, 1.807) is 11.8 Å². The third kappa shape index (κ3) is 4.66. The van der Waals surface area contributed by atoms with Crippen LogP contribution in [0.25, 0.3) is 0 Å². The number of carbonyl (C=O) groups is 1. The smallest absolute Gasteiger partial charge is 0.220 e. The minimum absolute atomic E-state index is 0.0679. The first kappa shape index (κ1) is 20.2. The maximum absolute atomic E-state index is 11.5. The summed E-state index contributed by atoms with van der Waals surface area (Å²) in [6, 6.07) is 7.91. The van der Waals surface area contributed by atoms with Crippen LogP contribution in [0.15, 0.2) is 24.3 Å². The highest BCUT2D eigenvalue weighted by atomic mass is 16.5. The van der Waals surface area contributed by atoms with Crippen molar-refractivity contribution in [2.24, 2.45) is 11.7 Å². The Balaban J connectivity index is 1.88. The zero-order valence-electron chi connectivity index (χ0n) is 16.5. The molecule has 1 fully saturated rings. The van der Waals surface area contributed by atoms with Crippen LogP contribution < -0.4 is 10.5 Å². The van der Waals surface area contributed by atoms with E-state index in [2.05, 4.69) is 20.4 Å². The lowest BCUT2D eigenvalue weighted by Gasteiger charge is -2.36. The molecule has 1 amide bonds. The monoisotopic (exact) mass is 388 g/mol. The Kier molecular flexibility index (Phi) is 6.94. The Labute approximate surface area is 164 Å². The van der Waals surface area contributed by atoms with Gasteiger partial charge in [0.05, 0.1) is 25.8 Å². The summed E-state index contributed by atoms with van der Waals surface area (Å²) in [6.07, 6.45) is 1.48. The van der Waals surface area contributed by atoms with Crippen molar-refractivity contribution in [3.63, 3.8) is 0 Å². The van der Waals surface area contributed by atoms with Crippen LogP contribution in [0.1, 0.15) is 37.2 Å². The lowest BCUT2D eigenvalue weighted by Crippen LogP contribution is -2.41. The number of piperidine rings is 1. The number of likely N-dealkylation sites (tertiary alicyclic amines) is 1. The molecule has 2 N–H and O–H groups in total. The standard InChI is InChI=1S/C19H28N6O3/c1-3-28-16-6-4-14(5-7-16)17(19-21-22-23-25(19)12-13-27-2)24-10-8-15(9-11-24)18(20)26/h4-7,15,17H,3,8-13H2,1-2H3,(H2,20,26)/t17-/m1/s1. The maximum atomic E-state index is 11.5. The van der Waals surface area contributed by atoms with Crippen LogP contribution in [-0.2, 0) is 16.1 Å². The van der Waals surface area contributed by atoms with E-state index in [1.165, 1.54) is 0 Å². The molecule has 3 rings (SSSR count). The lowest BCUT2D eigenvalue weighted by atomic mass is 9.93. The summed E-state index contributed by atoms with van der Waals surface area (Å²) in [5.74, 6) is 1.30. The molecule has 1 aromatic carbocycles. The number of nitrogens with two attached hydrogens (primary N) is 1. The lowest BCUT2D eigenvalue weighted by molar-refractivity contribution is -0.123. The van der Waals surface area contributed by atoms with Crippen molar-refractivity contribution in [2.75, 3.05) is 33.4 Å². The highest BCUT2D eigenvalue weighted by Gasteiger charge is 2.32. The summed E-state index contributed by atoms with van der Waals surface area (Å²) in [5, 5.41) is 12.3. The normalized spacial score (nSPS) is 16.8. The van der Waals surface area contributed by atoms with Gasteiger partial charge in [0, 0.05) is 13.0 Å². The molecule has 0 saturated carbocycles. The molecule has 1 aliphatic rings.